The van der Waals surface area contributed by atoms with Crippen LogP contribution in [0.3, 0.4) is 0 Å². The van der Waals surface area contributed by atoms with Crippen LogP contribution >= 0.6 is 11.6 Å². The number of benzene rings is 2. The number of hydrogen-bond acceptors (Lipinski definition) is 0. The molecule has 0 spiro atoms. The van der Waals surface area contributed by atoms with Gasteiger partial charge in [-0.25, -0.2) is 0 Å². The SMILES string of the molecule is [CH2]CC(c1ccccc1)c1c[nH]c2cccc(Cl)c12. The second kappa shape index (κ2) is 5.10. The molecule has 2 heteroatoms. The number of nitrogens with one attached hydrogen (secondary N) is 1. The van der Waals surface area contributed by atoms with Gasteiger partial charge in [0.2, 0.25) is 0 Å². The van der Waals surface area contributed by atoms with Crippen molar-refractivity contribution in [2.75, 3.05) is 0 Å². The number of rotatable bonds is 3. The van der Waals surface area contributed by atoms with Crippen LogP contribution in [-0.4, -0.2) is 4.98 Å². The van der Waals surface area contributed by atoms with Crippen LogP contribution in [-0.2, 0) is 0 Å². The second-order valence-corrected chi connectivity index (χ2v) is 5.07. The third-order valence-electron chi connectivity index (χ3n) is 3.55. The highest BCUT2D eigenvalue weighted by Crippen LogP contribution is 2.36. The number of halogens is 1. The molecule has 19 heavy (non-hydrogen) atoms. The summed E-state index contributed by atoms with van der Waals surface area (Å²) in [5.41, 5.74) is 3.58. The van der Waals surface area contributed by atoms with E-state index >= 15 is 0 Å². The van der Waals surface area contributed by atoms with Crippen molar-refractivity contribution in [3.63, 3.8) is 0 Å². The minimum atomic E-state index is 0.273. The van der Waals surface area contributed by atoms with E-state index in [2.05, 4.69) is 48.4 Å². The van der Waals surface area contributed by atoms with Crippen LogP contribution < -0.4 is 0 Å². The largest absolute Gasteiger partial charge is 0.361 e. The first-order valence-electron chi connectivity index (χ1n) is 6.41. The zero-order chi connectivity index (χ0) is 13.2. The van der Waals surface area contributed by atoms with Crippen molar-refractivity contribution in [1.29, 1.82) is 0 Å². The molecule has 0 saturated carbocycles. The number of hydrogen-bond donors (Lipinski definition) is 1. The zero-order valence-corrected chi connectivity index (χ0v) is 11.3. The third-order valence-corrected chi connectivity index (χ3v) is 3.87. The Kier molecular flexibility index (Phi) is 3.31. The van der Waals surface area contributed by atoms with E-state index in [1.807, 2.05) is 18.2 Å². The molecule has 1 nitrogen and oxygen atoms in total. The van der Waals surface area contributed by atoms with E-state index in [0.717, 1.165) is 22.3 Å². The molecule has 0 aliphatic heterocycles. The van der Waals surface area contributed by atoms with E-state index in [4.69, 9.17) is 11.6 Å². The van der Waals surface area contributed by atoms with Crippen molar-refractivity contribution in [2.24, 2.45) is 0 Å². The fourth-order valence-electron chi connectivity index (χ4n) is 2.63. The van der Waals surface area contributed by atoms with Crippen LogP contribution in [0.25, 0.3) is 10.9 Å². The van der Waals surface area contributed by atoms with Crippen LogP contribution in [0.1, 0.15) is 23.5 Å². The van der Waals surface area contributed by atoms with E-state index in [1.165, 1.54) is 11.1 Å². The fraction of sp³-hybridized carbons (Fsp3) is 0.118. The average Bonchev–Trinajstić information content (AvgIpc) is 2.86. The lowest BCUT2D eigenvalue weighted by molar-refractivity contribution is 0.834. The van der Waals surface area contributed by atoms with E-state index in [9.17, 15) is 0 Å². The normalized spacial score (nSPS) is 12.7. The first-order chi connectivity index (χ1) is 9.31. The molecule has 0 amide bonds. The summed E-state index contributed by atoms with van der Waals surface area (Å²) in [6.07, 6.45) is 2.86. The Bertz CT molecular complexity index is 685. The van der Waals surface area contributed by atoms with Crippen molar-refractivity contribution >= 4 is 22.5 Å². The molecular formula is C17H15ClN. The van der Waals surface area contributed by atoms with Crippen LogP contribution in [0.15, 0.2) is 54.7 Å². The molecule has 3 aromatic rings. The van der Waals surface area contributed by atoms with Crippen LogP contribution in [0.4, 0.5) is 0 Å². The van der Waals surface area contributed by atoms with Gasteiger partial charge in [0.15, 0.2) is 0 Å². The molecule has 0 aliphatic carbocycles. The molecule has 0 aliphatic rings. The fourth-order valence-corrected chi connectivity index (χ4v) is 2.91. The predicted molar refractivity (Wildman–Crippen MR) is 81.6 cm³/mol. The first-order valence-corrected chi connectivity index (χ1v) is 6.78. The molecule has 1 atom stereocenters. The Labute approximate surface area is 118 Å². The van der Waals surface area contributed by atoms with Gasteiger partial charge in [0, 0.05) is 23.0 Å². The van der Waals surface area contributed by atoms with Crippen molar-refractivity contribution in [1.82, 2.24) is 4.98 Å². The Hall–Kier alpha value is -1.73. The molecule has 0 saturated heterocycles. The highest BCUT2D eigenvalue weighted by atomic mass is 35.5. The maximum absolute atomic E-state index is 6.35. The summed E-state index contributed by atoms with van der Waals surface area (Å²) < 4.78 is 0. The highest BCUT2D eigenvalue weighted by molar-refractivity contribution is 6.35. The lowest BCUT2D eigenvalue weighted by Gasteiger charge is -2.15. The highest BCUT2D eigenvalue weighted by Gasteiger charge is 2.17. The average molecular weight is 269 g/mol. The number of H-pyrrole nitrogens is 1. The molecule has 0 bridgehead atoms. The monoisotopic (exact) mass is 268 g/mol. The van der Waals surface area contributed by atoms with Gasteiger partial charge in [-0.3, -0.25) is 0 Å². The Morgan fingerprint density at radius 2 is 1.84 bits per heavy atom. The summed E-state index contributed by atoms with van der Waals surface area (Å²) in [4.78, 5) is 3.30. The van der Waals surface area contributed by atoms with Crippen molar-refractivity contribution in [3.05, 3.63) is 77.8 Å². The van der Waals surface area contributed by atoms with Gasteiger partial charge in [0.1, 0.15) is 0 Å². The van der Waals surface area contributed by atoms with Crippen LogP contribution in [0.5, 0.6) is 0 Å². The van der Waals surface area contributed by atoms with Gasteiger partial charge < -0.3 is 4.98 Å². The number of aromatic nitrogens is 1. The minimum Gasteiger partial charge on any atom is -0.361 e. The Balaban J connectivity index is 2.17. The van der Waals surface area contributed by atoms with Crippen LogP contribution in [0.2, 0.25) is 5.02 Å². The van der Waals surface area contributed by atoms with Gasteiger partial charge in [-0.1, -0.05) is 54.9 Å². The molecule has 2 aromatic carbocycles. The second-order valence-electron chi connectivity index (χ2n) is 4.66. The Morgan fingerprint density at radius 3 is 2.58 bits per heavy atom. The molecule has 1 heterocycles. The van der Waals surface area contributed by atoms with E-state index in [0.29, 0.717) is 0 Å². The van der Waals surface area contributed by atoms with Crippen molar-refractivity contribution in [2.45, 2.75) is 12.3 Å². The number of aromatic amines is 1. The first kappa shape index (κ1) is 12.3. The molecular weight excluding hydrogens is 254 g/mol. The molecule has 1 N–H and O–H groups in total. The molecule has 95 valence electrons. The Morgan fingerprint density at radius 1 is 1.05 bits per heavy atom. The maximum Gasteiger partial charge on any atom is 0.0502 e. The summed E-state index contributed by atoms with van der Waals surface area (Å²) in [5.74, 6) is 0.273. The molecule has 1 unspecified atom stereocenters. The molecule has 0 fully saturated rings. The predicted octanol–water partition coefficient (Wildman–Crippen LogP) is 5.18. The van der Waals surface area contributed by atoms with E-state index in [-0.39, 0.29) is 5.92 Å². The van der Waals surface area contributed by atoms with Gasteiger partial charge in [-0.05, 0) is 29.7 Å². The summed E-state index contributed by atoms with van der Waals surface area (Å²) in [5, 5.41) is 1.91. The van der Waals surface area contributed by atoms with Gasteiger partial charge >= 0.3 is 0 Å². The standard InChI is InChI=1S/C17H15ClN/c1-2-13(12-7-4-3-5-8-12)14-11-19-16-10-6-9-15(18)17(14)16/h3-11,13,19H,1-2H2. The summed E-state index contributed by atoms with van der Waals surface area (Å²) in [7, 11) is 0. The van der Waals surface area contributed by atoms with Gasteiger partial charge in [-0.15, -0.1) is 0 Å². The molecule has 1 aromatic heterocycles. The van der Waals surface area contributed by atoms with Crippen molar-refractivity contribution in [3.8, 4) is 0 Å². The van der Waals surface area contributed by atoms with Gasteiger partial charge in [0.25, 0.3) is 0 Å². The minimum absolute atomic E-state index is 0.273. The summed E-state index contributed by atoms with van der Waals surface area (Å²) in [6, 6.07) is 16.4. The zero-order valence-electron chi connectivity index (χ0n) is 10.6. The molecule has 3 rings (SSSR count). The van der Waals surface area contributed by atoms with Gasteiger partial charge in [0.05, 0.1) is 5.02 Å². The van der Waals surface area contributed by atoms with Gasteiger partial charge in [-0.2, -0.15) is 0 Å². The molecule has 1 radical (unpaired) electrons. The summed E-state index contributed by atoms with van der Waals surface area (Å²) in [6.45, 7) is 4.10. The lowest BCUT2D eigenvalue weighted by atomic mass is 9.89. The van der Waals surface area contributed by atoms with E-state index < -0.39 is 0 Å². The third kappa shape index (κ3) is 2.15. The lowest BCUT2D eigenvalue weighted by Crippen LogP contribution is -1.98. The van der Waals surface area contributed by atoms with E-state index in [1.54, 1.807) is 0 Å². The smallest absolute Gasteiger partial charge is 0.0502 e. The topological polar surface area (TPSA) is 15.8 Å². The van der Waals surface area contributed by atoms with Crippen LogP contribution in [0, 0.1) is 6.92 Å². The quantitative estimate of drug-likeness (QED) is 0.674. The summed E-state index contributed by atoms with van der Waals surface area (Å²) >= 11 is 6.35. The van der Waals surface area contributed by atoms with Crippen molar-refractivity contribution < 1.29 is 0 Å². The number of fused-ring (bicyclic) bond motifs is 1. The maximum atomic E-state index is 6.35.